The third-order valence-electron chi connectivity index (χ3n) is 6.97. The number of aryl methyl sites for hydroxylation is 4. The fourth-order valence-corrected chi connectivity index (χ4v) is 4.93. The van der Waals surface area contributed by atoms with E-state index in [9.17, 15) is 4.79 Å². The average Bonchev–Trinajstić information content (AvgIpc) is 3.59. The third-order valence-corrected chi connectivity index (χ3v) is 6.97. The molecule has 8 nitrogen and oxygen atoms in total. The number of nitrogens with one attached hydrogen (secondary N) is 1. The summed E-state index contributed by atoms with van der Waals surface area (Å²) in [6.45, 7) is 7.84. The first-order valence-corrected chi connectivity index (χ1v) is 12.7. The number of nitrogens with zero attached hydrogens (tertiary/aromatic N) is 5. The van der Waals surface area contributed by atoms with E-state index in [2.05, 4.69) is 57.5 Å². The number of aromatic amines is 1. The molecular formula is C29H32N6O2. The molecule has 2 aromatic carbocycles. The molecule has 0 saturated heterocycles. The second-order valence-electron chi connectivity index (χ2n) is 9.52. The van der Waals surface area contributed by atoms with Gasteiger partial charge < -0.3 is 9.40 Å². The van der Waals surface area contributed by atoms with Gasteiger partial charge in [-0.3, -0.25) is 9.69 Å². The molecule has 5 aromatic rings. The van der Waals surface area contributed by atoms with Crippen LogP contribution >= 0.6 is 0 Å². The Morgan fingerprint density at radius 2 is 1.84 bits per heavy atom. The zero-order valence-corrected chi connectivity index (χ0v) is 21.5. The van der Waals surface area contributed by atoms with Gasteiger partial charge in [-0.2, -0.15) is 0 Å². The predicted octanol–water partition coefficient (Wildman–Crippen LogP) is 5.12. The molecule has 0 aliphatic carbocycles. The first-order valence-electron chi connectivity index (χ1n) is 12.7. The van der Waals surface area contributed by atoms with Crippen molar-refractivity contribution in [1.29, 1.82) is 0 Å². The molecule has 0 bridgehead atoms. The van der Waals surface area contributed by atoms with Gasteiger partial charge in [0.25, 0.3) is 5.56 Å². The van der Waals surface area contributed by atoms with Gasteiger partial charge in [-0.05, 0) is 72.0 Å². The number of rotatable bonds is 10. The van der Waals surface area contributed by atoms with Crippen LogP contribution in [0.5, 0.6) is 0 Å². The Kier molecular flexibility index (Phi) is 7.28. The highest BCUT2D eigenvalue weighted by atomic mass is 16.3. The van der Waals surface area contributed by atoms with Gasteiger partial charge in [0.2, 0.25) is 0 Å². The van der Waals surface area contributed by atoms with Crippen molar-refractivity contribution in [3.8, 4) is 0 Å². The molecule has 8 heteroatoms. The van der Waals surface area contributed by atoms with Crippen LogP contribution in [0.1, 0.15) is 53.2 Å². The number of hydrogen-bond donors (Lipinski definition) is 1. The summed E-state index contributed by atoms with van der Waals surface area (Å²) < 4.78 is 7.58. The summed E-state index contributed by atoms with van der Waals surface area (Å²) in [5, 5.41) is 13.8. The van der Waals surface area contributed by atoms with Crippen LogP contribution in [-0.4, -0.2) is 30.1 Å². The lowest BCUT2D eigenvalue weighted by atomic mass is 10.0. The fraction of sp³-hybridized carbons (Fsp3) is 0.310. The summed E-state index contributed by atoms with van der Waals surface area (Å²) in [6, 6.07) is 20.2. The molecular weight excluding hydrogens is 464 g/mol. The summed E-state index contributed by atoms with van der Waals surface area (Å²) in [5.74, 6) is 1.61. The van der Waals surface area contributed by atoms with Crippen LogP contribution in [0.25, 0.3) is 10.9 Å². The summed E-state index contributed by atoms with van der Waals surface area (Å²) in [6.07, 6.45) is 3.28. The lowest BCUT2D eigenvalue weighted by Crippen LogP contribution is -2.32. The van der Waals surface area contributed by atoms with Crippen LogP contribution in [0.4, 0.5) is 0 Å². The Morgan fingerprint density at radius 3 is 2.59 bits per heavy atom. The smallest absolute Gasteiger partial charge is 0.252 e. The number of furan rings is 1. The van der Waals surface area contributed by atoms with Gasteiger partial charge >= 0.3 is 0 Å². The van der Waals surface area contributed by atoms with Gasteiger partial charge in [0.15, 0.2) is 5.82 Å². The van der Waals surface area contributed by atoms with E-state index < -0.39 is 0 Å². The lowest BCUT2D eigenvalue weighted by Gasteiger charge is -2.29. The second-order valence-corrected chi connectivity index (χ2v) is 9.52. The van der Waals surface area contributed by atoms with E-state index >= 15 is 0 Å². The molecule has 1 atom stereocenters. The van der Waals surface area contributed by atoms with Gasteiger partial charge in [-0.25, -0.2) is 4.68 Å². The Hall–Kier alpha value is -4.04. The number of pyridine rings is 1. The van der Waals surface area contributed by atoms with Crippen LogP contribution in [0.3, 0.4) is 0 Å². The minimum Gasteiger partial charge on any atom is -0.468 e. The Morgan fingerprint density at radius 1 is 1.03 bits per heavy atom. The van der Waals surface area contributed by atoms with Crippen LogP contribution in [0.15, 0.2) is 76.1 Å². The van der Waals surface area contributed by atoms with Crippen molar-refractivity contribution in [2.75, 3.05) is 0 Å². The zero-order valence-electron chi connectivity index (χ0n) is 21.5. The quantitative estimate of drug-likeness (QED) is 0.288. The number of fused-ring (bicyclic) bond motifs is 1. The van der Waals surface area contributed by atoms with Gasteiger partial charge in [0, 0.05) is 24.0 Å². The maximum atomic E-state index is 13.2. The van der Waals surface area contributed by atoms with Crippen molar-refractivity contribution in [2.24, 2.45) is 0 Å². The Labute approximate surface area is 215 Å². The third kappa shape index (κ3) is 5.39. The molecule has 0 aliphatic rings. The second kappa shape index (κ2) is 10.9. The van der Waals surface area contributed by atoms with E-state index in [4.69, 9.17) is 4.42 Å². The number of H-pyrrole nitrogens is 1. The van der Waals surface area contributed by atoms with E-state index in [1.165, 1.54) is 5.56 Å². The molecule has 3 heterocycles. The molecule has 3 aromatic heterocycles. The molecule has 0 fully saturated rings. The number of aromatic nitrogens is 5. The Balaban J connectivity index is 1.48. The fourth-order valence-electron chi connectivity index (χ4n) is 4.93. The van der Waals surface area contributed by atoms with Crippen LogP contribution in [0.2, 0.25) is 0 Å². The van der Waals surface area contributed by atoms with Gasteiger partial charge in [-0.1, -0.05) is 49.4 Å². The van der Waals surface area contributed by atoms with E-state index in [1.54, 1.807) is 6.26 Å². The van der Waals surface area contributed by atoms with E-state index in [1.807, 2.05) is 54.1 Å². The SMILES string of the molecule is CC[C@H](c1nnnn1CCc1ccccc1)N(Cc1ccco1)Cc1cc2c(C)ccc(C)c2[nH]c1=O. The molecule has 37 heavy (non-hydrogen) atoms. The van der Waals surface area contributed by atoms with Crippen molar-refractivity contribution in [3.63, 3.8) is 0 Å². The summed E-state index contributed by atoms with van der Waals surface area (Å²) in [5.41, 5.74) is 4.94. The molecule has 0 aliphatic heterocycles. The van der Waals surface area contributed by atoms with Crippen LogP contribution in [0, 0.1) is 13.8 Å². The summed E-state index contributed by atoms with van der Waals surface area (Å²) in [7, 11) is 0. The van der Waals surface area contributed by atoms with Crippen molar-refractivity contribution in [1.82, 2.24) is 30.1 Å². The molecule has 0 unspecified atom stereocenters. The topological polar surface area (TPSA) is 92.8 Å². The summed E-state index contributed by atoms with van der Waals surface area (Å²) >= 11 is 0. The van der Waals surface area contributed by atoms with E-state index in [0.29, 0.717) is 25.2 Å². The van der Waals surface area contributed by atoms with Crippen molar-refractivity contribution < 1.29 is 4.42 Å². The van der Waals surface area contributed by atoms with Crippen molar-refractivity contribution in [3.05, 3.63) is 111 Å². The minimum absolute atomic E-state index is 0.0795. The average molecular weight is 497 g/mol. The number of benzene rings is 2. The molecule has 0 radical (unpaired) electrons. The van der Waals surface area contributed by atoms with Gasteiger partial charge in [-0.15, -0.1) is 5.10 Å². The van der Waals surface area contributed by atoms with Gasteiger partial charge in [0.05, 0.1) is 24.4 Å². The zero-order chi connectivity index (χ0) is 25.8. The van der Waals surface area contributed by atoms with Gasteiger partial charge in [0.1, 0.15) is 5.76 Å². The lowest BCUT2D eigenvalue weighted by molar-refractivity contribution is 0.148. The normalized spacial score (nSPS) is 12.4. The predicted molar refractivity (Wildman–Crippen MR) is 143 cm³/mol. The first-order chi connectivity index (χ1) is 18.0. The molecule has 0 amide bonds. The first kappa shape index (κ1) is 24.6. The molecule has 1 N–H and O–H groups in total. The van der Waals surface area contributed by atoms with E-state index in [0.717, 1.165) is 46.5 Å². The maximum Gasteiger partial charge on any atom is 0.252 e. The molecule has 0 saturated carbocycles. The molecule has 0 spiro atoms. The molecule has 190 valence electrons. The monoisotopic (exact) mass is 496 g/mol. The van der Waals surface area contributed by atoms with E-state index in [-0.39, 0.29) is 11.6 Å². The number of hydrogen-bond acceptors (Lipinski definition) is 6. The minimum atomic E-state index is -0.107. The van der Waals surface area contributed by atoms with Crippen LogP contribution < -0.4 is 5.56 Å². The maximum absolute atomic E-state index is 13.2. The summed E-state index contributed by atoms with van der Waals surface area (Å²) in [4.78, 5) is 18.6. The number of tetrazole rings is 1. The highest BCUT2D eigenvalue weighted by Gasteiger charge is 2.27. The Bertz CT molecular complexity index is 1520. The highest BCUT2D eigenvalue weighted by Crippen LogP contribution is 2.27. The largest absolute Gasteiger partial charge is 0.468 e. The molecule has 5 rings (SSSR count). The standard InChI is InChI=1S/C29H32N6O2/c1-4-26(28-31-32-33-35(28)15-14-22-9-6-5-7-10-22)34(19-24-11-8-16-37-24)18-23-17-25-20(2)12-13-21(3)27(25)30-29(23)36/h5-13,16-17,26H,4,14-15,18-19H2,1-3H3,(H,30,36)/t26-/m1/s1. The highest BCUT2D eigenvalue weighted by molar-refractivity contribution is 5.85. The van der Waals surface area contributed by atoms with Crippen LogP contribution in [-0.2, 0) is 26.1 Å². The van der Waals surface area contributed by atoms with Crippen molar-refractivity contribution >= 4 is 10.9 Å². The van der Waals surface area contributed by atoms with Crippen molar-refractivity contribution in [2.45, 2.75) is 59.3 Å².